The maximum atomic E-state index is 6.29. The summed E-state index contributed by atoms with van der Waals surface area (Å²) < 4.78 is 16.4. The normalized spacial score (nSPS) is 21.4. The highest BCUT2D eigenvalue weighted by atomic mass is 127. The number of aliphatic imine (C=N–C) groups is 1. The minimum atomic E-state index is 0. The van der Waals surface area contributed by atoms with Crippen LogP contribution in [0.3, 0.4) is 0 Å². The molecule has 8 heteroatoms. The fourth-order valence-electron chi connectivity index (χ4n) is 4.28. The molecule has 3 rings (SSSR count). The molecule has 0 amide bonds. The molecule has 0 radical (unpaired) electrons. The summed E-state index contributed by atoms with van der Waals surface area (Å²) in [7, 11) is 3.56. The first-order valence-corrected chi connectivity index (χ1v) is 10.9. The number of methoxy groups -OCH3 is 1. The van der Waals surface area contributed by atoms with Crippen LogP contribution in [-0.2, 0) is 19.6 Å². The highest BCUT2D eigenvalue weighted by Gasteiger charge is 2.35. The van der Waals surface area contributed by atoms with Gasteiger partial charge in [-0.2, -0.15) is 0 Å². The topological polar surface area (TPSA) is 55.3 Å². The standard InChI is InChI=1S/C22H34ClN3O3.HI/c1-24-21(26-9-6-18(15-26)16-29-13-12-27-2)25-17-22(7-10-28-11-8-22)19-4-3-5-20(23)14-19;/h3-5,14,18H,6-13,15-17H2,1-2H3,(H,24,25);1H. The van der Waals surface area contributed by atoms with Crippen molar-refractivity contribution in [2.24, 2.45) is 10.9 Å². The van der Waals surface area contributed by atoms with E-state index < -0.39 is 0 Å². The highest BCUT2D eigenvalue weighted by Crippen LogP contribution is 2.35. The van der Waals surface area contributed by atoms with E-state index in [0.717, 1.165) is 69.7 Å². The number of guanidine groups is 1. The molecule has 0 saturated carbocycles. The van der Waals surface area contributed by atoms with Crippen molar-refractivity contribution in [3.63, 3.8) is 0 Å². The summed E-state index contributed by atoms with van der Waals surface area (Å²) in [5.74, 6) is 1.51. The van der Waals surface area contributed by atoms with Crippen LogP contribution < -0.4 is 5.32 Å². The van der Waals surface area contributed by atoms with Gasteiger partial charge in [-0.15, -0.1) is 24.0 Å². The summed E-state index contributed by atoms with van der Waals surface area (Å²) in [5.41, 5.74) is 1.30. The van der Waals surface area contributed by atoms with Crippen molar-refractivity contribution in [2.75, 3.05) is 66.8 Å². The Labute approximate surface area is 202 Å². The van der Waals surface area contributed by atoms with Crippen LogP contribution in [0.25, 0.3) is 0 Å². The molecule has 2 aliphatic heterocycles. The summed E-state index contributed by atoms with van der Waals surface area (Å²) >= 11 is 6.29. The maximum absolute atomic E-state index is 6.29. The van der Waals surface area contributed by atoms with E-state index >= 15 is 0 Å². The number of halogens is 2. The zero-order valence-corrected chi connectivity index (χ0v) is 21.2. The second-order valence-corrected chi connectivity index (χ2v) is 8.41. The first-order chi connectivity index (χ1) is 14.2. The van der Waals surface area contributed by atoms with Gasteiger partial charge in [-0.25, -0.2) is 0 Å². The third-order valence-corrected chi connectivity index (χ3v) is 6.29. The number of nitrogens with one attached hydrogen (secondary N) is 1. The van der Waals surface area contributed by atoms with Gasteiger partial charge in [-0.3, -0.25) is 4.99 Å². The number of ether oxygens (including phenoxy) is 3. The summed E-state index contributed by atoms with van der Waals surface area (Å²) in [6.07, 6.45) is 3.08. The summed E-state index contributed by atoms with van der Waals surface area (Å²) in [6.45, 7) is 6.44. The molecule has 0 aliphatic carbocycles. The van der Waals surface area contributed by atoms with Crippen LogP contribution in [0, 0.1) is 5.92 Å². The molecule has 1 N–H and O–H groups in total. The van der Waals surface area contributed by atoms with Gasteiger partial charge in [0.2, 0.25) is 0 Å². The number of hydrogen-bond donors (Lipinski definition) is 1. The largest absolute Gasteiger partial charge is 0.382 e. The van der Waals surface area contributed by atoms with Crippen molar-refractivity contribution in [1.29, 1.82) is 0 Å². The Hall–Kier alpha value is -0.610. The molecule has 1 unspecified atom stereocenters. The van der Waals surface area contributed by atoms with Gasteiger partial charge in [0.1, 0.15) is 0 Å². The molecule has 30 heavy (non-hydrogen) atoms. The van der Waals surface area contributed by atoms with Crippen molar-refractivity contribution >= 4 is 41.5 Å². The fourth-order valence-corrected chi connectivity index (χ4v) is 4.47. The molecular formula is C22H35ClIN3O3. The van der Waals surface area contributed by atoms with Crippen LogP contribution >= 0.6 is 35.6 Å². The molecule has 2 fully saturated rings. The Balaban J connectivity index is 0.00000320. The molecule has 1 atom stereocenters. The van der Waals surface area contributed by atoms with E-state index in [-0.39, 0.29) is 29.4 Å². The average molecular weight is 552 g/mol. The molecule has 0 bridgehead atoms. The minimum absolute atomic E-state index is 0. The molecule has 0 aromatic heterocycles. The van der Waals surface area contributed by atoms with Crippen molar-refractivity contribution < 1.29 is 14.2 Å². The minimum Gasteiger partial charge on any atom is -0.382 e. The maximum Gasteiger partial charge on any atom is 0.193 e. The zero-order valence-electron chi connectivity index (χ0n) is 18.1. The lowest BCUT2D eigenvalue weighted by molar-refractivity contribution is 0.0509. The van der Waals surface area contributed by atoms with Crippen LogP contribution in [0.4, 0.5) is 0 Å². The van der Waals surface area contributed by atoms with Crippen molar-refractivity contribution in [1.82, 2.24) is 10.2 Å². The number of nitrogens with zero attached hydrogens (tertiary/aromatic N) is 2. The van der Waals surface area contributed by atoms with Crippen LogP contribution in [0.1, 0.15) is 24.8 Å². The van der Waals surface area contributed by atoms with E-state index in [4.69, 9.17) is 25.8 Å². The van der Waals surface area contributed by atoms with Gasteiger partial charge in [0.15, 0.2) is 5.96 Å². The highest BCUT2D eigenvalue weighted by molar-refractivity contribution is 14.0. The summed E-state index contributed by atoms with van der Waals surface area (Å²) in [6, 6.07) is 8.26. The van der Waals surface area contributed by atoms with Gasteiger partial charge in [0.05, 0.1) is 19.8 Å². The fraction of sp³-hybridized carbons (Fsp3) is 0.682. The van der Waals surface area contributed by atoms with Crippen molar-refractivity contribution in [3.05, 3.63) is 34.9 Å². The third kappa shape index (κ3) is 6.95. The number of likely N-dealkylation sites (tertiary alicyclic amines) is 1. The van der Waals surface area contributed by atoms with Crippen LogP contribution in [0.2, 0.25) is 5.02 Å². The Morgan fingerprint density at radius 2 is 2.13 bits per heavy atom. The smallest absolute Gasteiger partial charge is 0.193 e. The molecule has 6 nitrogen and oxygen atoms in total. The predicted molar refractivity (Wildman–Crippen MR) is 132 cm³/mol. The second-order valence-electron chi connectivity index (χ2n) is 7.97. The number of hydrogen-bond acceptors (Lipinski definition) is 4. The lowest BCUT2D eigenvalue weighted by Crippen LogP contribution is -2.49. The predicted octanol–water partition coefficient (Wildman–Crippen LogP) is 3.57. The van der Waals surface area contributed by atoms with E-state index in [1.807, 2.05) is 19.2 Å². The first kappa shape index (κ1) is 25.6. The lowest BCUT2D eigenvalue weighted by Gasteiger charge is -2.39. The van der Waals surface area contributed by atoms with Gasteiger partial charge in [0.25, 0.3) is 0 Å². The molecule has 0 spiro atoms. The molecule has 1 aromatic rings. The average Bonchev–Trinajstić information content (AvgIpc) is 3.21. The second kappa shape index (κ2) is 13.1. The van der Waals surface area contributed by atoms with Gasteiger partial charge < -0.3 is 24.4 Å². The lowest BCUT2D eigenvalue weighted by atomic mass is 9.74. The van der Waals surface area contributed by atoms with E-state index in [2.05, 4.69) is 27.3 Å². The summed E-state index contributed by atoms with van der Waals surface area (Å²) in [5, 5.41) is 4.44. The first-order valence-electron chi connectivity index (χ1n) is 10.5. The number of benzene rings is 1. The molecule has 2 heterocycles. The van der Waals surface area contributed by atoms with Crippen LogP contribution in [0.15, 0.2) is 29.3 Å². The van der Waals surface area contributed by atoms with Gasteiger partial charge in [-0.1, -0.05) is 23.7 Å². The van der Waals surface area contributed by atoms with Crippen LogP contribution in [-0.4, -0.2) is 77.7 Å². The van der Waals surface area contributed by atoms with E-state index in [9.17, 15) is 0 Å². The van der Waals surface area contributed by atoms with E-state index in [0.29, 0.717) is 19.1 Å². The monoisotopic (exact) mass is 551 g/mol. The molecule has 2 aliphatic rings. The van der Waals surface area contributed by atoms with E-state index in [1.165, 1.54) is 5.56 Å². The van der Waals surface area contributed by atoms with Crippen molar-refractivity contribution in [2.45, 2.75) is 24.7 Å². The van der Waals surface area contributed by atoms with Gasteiger partial charge >= 0.3 is 0 Å². The van der Waals surface area contributed by atoms with Gasteiger partial charge in [-0.05, 0) is 37.0 Å². The Kier molecular flexibility index (Phi) is 11.2. The molecular weight excluding hydrogens is 517 g/mol. The van der Waals surface area contributed by atoms with E-state index in [1.54, 1.807) is 7.11 Å². The van der Waals surface area contributed by atoms with Crippen molar-refractivity contribution in [3.8, 4) is 0 Å². The Morgan fingerprint density at radius 1 is 1.33 bits per heavy atom. The number of rotatable bonds is 8. The third-order valence-electron chi connectivity index (χ3n) is 6.05. The molecule has 1 aromatic carbocycles. The molecule has 170 valence electrons. The van der Waals surface area contributed by atoms with Crippen LogP contribution in [0.5, 0.6) is 0 Å². The Morgan fingerprint density at radius 3 is 2.83 bits per heavy atom. The summed E-state index contributed by atoms with van der Waals surface area (Å²) in [4.78, 5) is 6.90. The van der Waals surface area contributed by atoms with Gasteiger partial charge in [0, 0.05) is 63.4 Å². The molecule has 2 saturated heterocycles. The zero-order chi connectivity index (χ0) is 20.5. The Bertz CT molecular complexity index is 671. The SMILES string of the molecule is CN=C(NCC1(c2cccc(Cl)c2)CCOCC1)N1CCC(COCCOC)C1.I. The quantitative estimate of drug-likeness (QED) is 0.232.